The molecule has 21 heavy (non-hydrogen) atoms. The van der Waals surface area contributed by atoms with E-state index in [4.69, 9.17) is 0 Å². The molecule has 1 aromatic carbocycles. The van der Waals surface area contributed by atoms with Crippen molar-refractivity contribution in [3.05, 3.63) is 34.1 Å². The van der Waals surface area contributed by atoms with Gasteiger partial charge in [0, 0.05) is 11.0 Å². The Labute approximate surface area is 130 Å². The Morgan fingerprint density at radius 3 is 2.67 bits per heavy atom. The van der Waals surface area contributed by atoms with Gasteiger partial charge in [0.2, 0.25) is 0 Å². The van der Waals surface area contributed by atoms with Crippen LogP contribution in [0.4, 0.5) is 9.18 Å². The van der Waals surface area contributed by atoms with E-state index in [9.17, 15) is 19.1 Å². The minimum absolute atomic E-state index is 0.0293. The van der Waals surface area contributed by atoms with Gasteiger partial charge in [-0.05, 0) is 43.4 Å². The number of benzene rings is 1. The first-order chi connectivity index (χ1) is 9.83. The van der Waals surface area contributed by atoms with Crippen LogP contribution in [0, 0.1) is 11.7 Å². The summed E-state index contributed by atoms with van der Waals surface area (Å²) >= 11 is 3.21. The molecule has 2 rings (SSSR count). The average Bonchev–Trinajstić information content (AvgIpc) is 3.21. The Bertz CT molecular complexity index is 577. The quantitative estimate of drug-likeness (QED) is 0.756. The van der Waals surface area contributed by atoms with Crippen LogP contribution in [0.15, 0.2) is 22.7 Å². The lowest BCUT2D eigenvalue weighted by Gasteiger charge is -2.26. The van der Waals surface area contributed by atoms with Crippen molar-refractivity contribution < 1.29 is 19.1 Å². The number of carboxylic acid groups (broad SMARTS) is 1. The fraction of sp³-hybridized carbons (Fsp3) is 0.429. The second-order valence-electron chi connectivity index (χ2n) is 5.33. The van der Waals surface area contributed by atoms with Crippen LogP contribution in [0.1, 0.15) is 25.3 Å². The number of urea groups is 1. The second kappa shape index (κ2) is 6.01. The van der Waals surface area contributed by atoms with Crippen LogP contribution in [-0.4, -0.2) is 22.6 Å². The number of carbonyl (C=O) groups excluding carboxylic acids is 1. The average molecular weight is 359 g/mol. The maximum atomic E-state index is 13.0. The van der Waals surface area contributed by atoms with Crippen molar-refractivity contribution in [2.45, 2.75) is 31.8 Å². The Hall–Kier alpha value is -1.63. The molecule has 0 saturated heterocycles. The van der Waals surface area contributed by atoms with Crippen LogP contribution < -0.4 is 10.6 Å². The first-order valence-electron chi connectivity index (χ1n) is 6.56. The Morgan fingerprint density at radius 1 is 1.48 bits per heavy atom. The highest BCUT2D eigenvalue weighted by Gasteiger charge is 2.48. The zero-order valence-corrected chi connectivity index (χ0v) is 13.0. The molecule has 1 aliphatic rings. The fourth-order valence-corrected chi connectivity index (χ4v) is 2.60. The van der Waals surface area contributed by atoms with Gasteiger partial charge in [-0.15, -0.1) is 0 Å². The number of amides is 2. The molecule has 114 valence electrons. The van der Waals surface area contributed by atoms with Gasteiger partial charge in [-0.25, -0.2) is 14.0 Å². The van der Waals surface area contributed by atoms with Gasteiger partial charge in [0.1, 0.15) is 11.4 Å². The molecule has 0 aliphatic heterocycles. The van der Waals surface area contributed by atoms with E-state index in [1.807, 2.05) is 0 Å². The van der Waals surface area contributed by atoms with E-state index in [-0.39, 0.29) is 18.3 Å². The van der Waals surface area contributed by atoms with E-state index in [0.29, 0.717) is 10.0 Å². The van der Waals surface area contributed by atoms with Crippen molar-refractivity contribution in [1.29, 1.82) is 0 Å². The van der Waals surface area contributed by atoms with Gasteiger partial charge in [-0.1, -0.05) is 22.0 Å². The summed E-state index contributed by atoms with van der Waals surface area (Å²) < 4.78 is 13.5. The van der Waals surface area contributed by atoms with Crippen molar-refractivity contribution in [1.82, 2.24) is 10.6 Å². The molecule has 0 bridgehead atoms. The molecule has 5 nitrogen and oxygen atoms in total. The third-order valence-electron chi connectivity index (χ3n) is 3.67. The largest absolute Gasteiger partial charge is 0.480 e. The highest BCUT2D eigenvalue weighted by molar-refractivity contribution is 9.10. The molecule has 1 aromatic rings. The summed E-state index contributed by atoms with van der Waals surface area (Å²) in [5.41, 5.74) is -0.542. The van der Waals surface area contributed by atoms with Crippen molar-refractivity contribution in [2.24, 2.45) is 5.92 Å². The second-order valence-corrected chi connectivity index (χ2v) is 6.18. The van der Waals surface area contributed by atoms with Crippen molar-refractivity contribution >= 4 is 27.9 Å². The molecule has 1 saturated carbocycles. The van der Waals surface area contributed by atoms with Gasteiger partial charge in [-0.3, -0.25) is 0 Å². The topological polar surface area (TPSA) is 78.4 Å². The van der Waals surface area contributed by atoms with Crippen LogP contribution in [-0.2, 0) is 11.3 Å². The normalized spacial score (nSPS) is 16.9. The summed E-state index contributed by atoms with van der Waals surface area (Å²) in [6.45, 7) is 1.69. The molecule has 0 heterocycles. The number of carbonyl (C=O) groups is 2. The molecule has 7 heteroatoms. The SMILES string of the molecule is CC(NC(=O)NCc1ccc(F)cc1Br)(C(=O)O)C1CC1. The number of carboxylic acids is 1. The summed E-state index contributed by atoms with van der Waals surface area (Å²) in [7, 11) is 0. The summed E-state index contributed by atoms with van der Waals surface area (Å²) in [5, 5.41) is 14.4. The monoisotopic (exact) mass is 358 g/mol. The number of hydrogen-bond acceptors (Lipinski definition) is 2. The molecule has 1 atom stereocenters. The highest BCUT2D eigenvalue weighted by Crippen LogP contribution is 2.39. The molecular weight excluding hydrogens is 343 g/mol. The molecule has 1 aliphatic carbocycles. The van der Waals surface area contributed by atoms with Gasteiger partial charge >= 0.3 is 12.0 Å². The predicted molar refractivity (Wildman–Crippen MR) is 78.2 cm³/mol. The molecule has 0 radical (unpaired) electrons. The number of aliphatic carboxylic acids is 1. The van der Waals surface area contributed by atoms with Gasteiger partial charge < -0.3 is 15.7 Å². The molecule has 1 fully saturated rings. The molecule has 2 amide bonds. The molecular formula is C14H16BrFN2O3. The maximum absolute atomic E-state index is 13.0. The summed E-state index contributed by atoms with van der Waals surface area (Å²) in [4.78, 5) is 23.2. The van der Waals surface area contributed by atoms with Crippen molar-refractivity contribution in [3.63, 3.8) is 0 Å². The van der Waals surface area contributed by atoms with Crippen LogP contribution in [0.3, 0.4) is 0 Å². The molecule has 0 spiro atoms. The first kappa shape index (κ1) is 15.8. The van der Waals surface area contributed by atoms with Gasteiger partial charge in [0.25, 0.3) is 0 Å². The van der Waals surface area contributed by atoms with Gasteiger partial charge in [0.15, 0.2) is 0 Å². The summed E-state index contributed by atoms with van der Waals surface area (Å²) in [6, 6.07) is 3.60. The first-order valence-corrected chi connectivity index (χ1v) is 7.35. The van der Waals surface area contributed by atoms with Crippen LogP contribution in [0.25, 0.3) is 0 Å². The Balaban J connectivity index is 1.94. The standard InChI is InChI=1S/C14H16BrFN2O3/c1-14(12(19)20,9-3-4-9)18-13(21)17-7-8-2-5-10(16)6-11(8)15/h2,5-6,9H,3-4,7H2,1H3,(H,19,20)(H2,17,18,21). The molecule has 3 N–H and O–H groups in total. The van der Waals surface area contributed by atoms with Gasteiger partial charge in [0.05, 0.1) is 0 Å². The van der Waals surface area contributed by atoms with E-state index in [2.05, 4.69) is 26.6 Å². The van der Waals surface area contributed by atoms with E-state index in [1.54, 1.807) is 6.07 Å². The lowest BCUT2D eigenvalue weighted by atomic mass is 9.96. The number of halogens is 2. The number of hydrogen-bond donors (Lipinski definition) is 3. The third-order valence-corrected chi connectivity index (χ3v) is 4.40. The maximum Gasteiger partial charge on any atom is 0.329 e. The Morgan fingerprint density at radius 2 is 2.14 bits per heavy atom. The smallest absolute Gasteiger partial charge is 0.329 e. The van der Waals surface area contributed by atoms with Crippen molar-refractivity contribution in [2.75, 3.05) is 0 Å². The lowest BCUT2D eigenvalue weighted by Crippen LogP contribution is -2.56. The van der Waals surface area contributed by atoms with Crippen molar-refractivity contribution in [3.8, 4) is 0 Å². The minimum atomic E-state index is -1.25. The zero-order valence-electron chi connectivity index (χ0n) is 11.5. The van der Waals surface area contributed by atoms with E-state index >= 15 is 0 Å². The van der Waals surface area contributed by atoms with Crippen LogP contribution >= 0.6 is 15.9 Å². The zero-order chi connectivity index (χ0) is 15.6. The lowest BCUT2D eigenvalue weighted by molar-refractivity contribution is -0.144. The highest BCUT2D eigenvalue weighted by atomic mass is 79.9. The molecule has 0 aromatic heterocycles. The number of nitrogens with one attached hydrogen (secondary N) is 2. The van der Waals surface area contributed by atoms with E-state index < -0.39 is 17.5 Å². The predicted octanol–water partition coefficient (Wildman–Crippen LogP) is 2.64. The summed E-state index contributed by atoms with van der Waals surface area (Å²) in [6.07, 6.45) is 1.60. The van der Waals surface area contributed by atoms with Crippen LogP contribution in [0.5, 0.6) is 0 Å². The van der Waals surface area contributed by atoms with Gasteiger partial charge in [-0.2, -0.15) is 0 Å². The Kier molecular flexibility index (Phi) is 4.51. The van der Waals surface area contributed by atoms with E-state index in [1.165, 1.54) is 19.1 Å². The minimum Gasteiger partial charge on any atom is -0.480 e. The number of rotatable bonds is 5. The van der Waals surface area contributed by atoms with Crippen LogP contribution in [0.2, 0.25) is 0 Å². The van der Waals surface area contributed by atoms with E-state index in [0.717, 1.165) is 12.8 Å². The molecule has 1 unspecified atom stereocenters. The fourth-order valence-electron chi connectivity index (χ4n) is 2.11. The third kappa shape index (κ3) is 3.72. The summed E-state index contributed by atoms with van der Waals surface area (Å²) in [5.74, 6) is -1.44.